The fourth-order valence-electron chi connectivity index (χ4n) is 3.80. The van der Waals surface area contributed by atoms with Gasteiger partial charge in [0.2, 0.25) is 5.91 Å². The highest BCUT2D eigenvalue weighted by Gasteiger charge is 2.35. The molecule has 37 heavy (non-hydrogen) atoms. The predicted molar refractivity (Wildman–Crippen MR) is 147 cm³/mol. The molecule has 9 heteroatoms. The first-order valence-corrected chi connectivity index (χ1v) is 12.6. The van der Waals surface area contributed by atoms with Crippen LogP contribution in [0.1, 0.15) is 29.2 Å². The van der Waals surface area contributed by atoms with Gasteiger partial charge >= 0.3 is 6.03 Å². The Balaban J connectivity index is 1.41. The van der Waals surface area contributed by atoms with Crippen LogP contribution in [0.4, 0.5) is 10.5 Å². The van der Waals surface area contributed by atoms with Crippen molar-refractivity contribution in [1.29, 1.82) is 5.26 Å². The number of nitrogens with one attached hydrogen (secondary N) is 2. The molecule has 1 fully saturated rings. The molecule has 1 aliphatic heterocycles. The summed E-state index contributed by atoms with van der Waals surface area (Å²) in [5.41, 5.74) is 3.73. The van der Waals surface area contributed by atoms with E-state index in [1.807, 2.05) is 43.3 Å². The summed E-state index contributed by atoms with van der Waals surface area (Å²) < 4.78 is 6.68. The van der Waals surface area contributed by atoms with Crippen molar-refractivity contribution in [3.63, 3.8) is 0 Å². The summed E-state index contributed by atoms with van der Waals surface area (Å²) >= 11 is 2.12. The molecule has 0 spiro atoms. The lowest BCUT2D eigenvalue weighted by molar-refractivity contribution is -0.127. The number of hydrogen-bond acceptors (Lipinski definition) is 5. The molecule has 186 valence electrons. The number of carbonyl (C=O) groups is 3. The second-order valence-corrected chi connectivity index (χ2v) is 9.35. The van der Waals surface area contributed by atoms with Crippen molar-refractivity contribution in [2.75, 3.05) is 11.9 Å². The number of para-hydroxylation sites is 1. The first-order chi connectivity index (χ1) is 17.9. The van der Waals surface area contributed by atoms with Crippen molar-refractivity contribution in [2.45, 2.75) is 20.0 Å². The van der Waals surface area contributed by atoms with E-state index in [1.165, 1.54) is 0 Å². The van der Waals surface area contributed by atoms with Crippen molar-refractivity contribution >= 4 is 52.2 Å². The molecule has 8 nitrogen and oxygen atoms in total. The molecule has 4 amide bonds. The number of halogens is 1. The number of urea groups is 1. The highest BCUT2D eigenvalue weighted by molar-refractivity contribution is 14.1. The van der Waals surface area contributed by atoms with Gasteiger partial charge in [-0.1, -0.05) is 49.4 Å². The Labute approximate surface area is 228 Å². The molecule has 0 saturated carbocycles. The molecule has 0 atom stereocenters. The summed E-state index contributed by atoms with van der Waals surface area (Å²) in [7, 11) is 0. The second kappa shape index (κ2) is 11.7. The van der Waals surface area contributed by atoms with Gasteiger partial charge < -0.3 is 15.4 Å². The lowest BCUT2D eigenvalue weighted by Crippen LogP contribution is -2.38. The van der Waals surface area contributed by atoms with Gasteiger partial charge in [-0.2, -0.15) is 5.26 Å². The molecule has 0 unspecified atom stereocenters. The van der Waals surface area contributed by atoms with E-state index in [4.69, 9.17) is 4.74 Å². The maximum atomic E-state index is 12.8. The summed E-state index contributed by atoms with van der Waals surface area (Å²) in [6.45, 7) is 1.83. The fraction of sp³-hybridized carbons (Fsp3) is 0.143. The van der Waals surface area contributed by atoms with Crippen LogP contribution in [-0.2, 0) is 22.6 Å². The number of anilines is 1. The van der Waals surface area contributed by atoms with Gasteiger partial charge in [-0.15, -0.1) is 0 Å². The third kappa shape index (κ3) is 6.16. The number of amides is 4. The largest absolute Gasteiger partial charge is 0.488 e. The summed E-state index contributed by atoms with van der Waals surface area (Å²) in [5.74, 6) is -0.407. The third-order valence-corrected chi connectivity index (χ3v) is 6.57. The maximum absolute atomic E-state index is 12.8. The maximum Gasteiger partial charge on any atom is 0.329 e. The first-order valence-electron chi connectivity index (χ1n) is 11.5. The highest BCUT2D eigenvalue weighted by atomic mass is 127. The van der Waals surface area contributed by atoms with Crippen molar-refractivity contribution in [3.05, 3.63) is 98.3 Å². The van der Waals surface area contributed by atoms with Crippen molar-refractivity contribution in [1.82, 2.24) is 10.2 Å². The number of nitrogens with zero attached hydrogens (tertiary/aromatic N) is 2. The van der Waals surface area contributed by atoms with Gasteiger partial charge in [0.25, 0.3) is 5.91 Å². The van der Waals surface area contributed by atoms with Crippen molar-refractivity contribution in [2.24, 2.45) is 0 Å². The molecule has 0 radical (unpaired) electrons. The van der Waals surface area contributed by atoms with Crippen LogP contribution in [0.2, 0.25) is 0 Å². The predicted octanol–water partition coefficient (Wildman–Crippen LogP) is 4.84. The van der Waals surface area contributed by atoms with E-state index >= 15 is 0 Å². The molecular formula is C28H23IN4O4. The molecular weight excluding hydrogens is 583 g/mol. The second-order valence-electron chi connectivity index (χ2n) is 8.19. The van der Waals surface area contributed by atoms with Crippen molar-refractivity contribution in [3.8, 4) is 11.8 Å². The number of hydrogen-bond donors (Lipinski definition) is 2. The van der Waals surface area contributed by atoms with Crippen LogP contribution in [0.3, 0.4) is 0 Å². The molecule has 3 aromatic carbocycles. The van der Waals surface area contributed by atoms with E-state index in [0.717, 1.165) is 26.0 Å². The minimum Gasteiger partial charge on any atom is -0.488 e. The highest BCUT2D eigenvalue weighted by Crippen LogP contribution is 2.25. The normalized spacial score (nSPS) is 13.9. The van der Waals surface area contributed by atoms with Gasteiger partial charge in [0, 0.05) is 11.3 Å². The van der Waals surface area contributed by atoms with Crippen LogP contribution < -0.4 is 15.4 Å². The Kier molecular flexibility index (Phi) is 8.20. The molecule has 1 saturated heterocycles. The summed E-state index contributed by atoms with van der Waals surface area (Å²) in [6, 6.07) is 21.5. The fourth-order valence-corrected chi connectivity index (χ4v) is 4.50. The van der Waals surface area contributed by atoms with E-state index < -0.39 is 24.4 Å². The Morgan fingerprint density at radius 2 is 1.84 bits per heavy atom. The van der Waals surface area contributed by atoms with Crippen molar-refractivity contribution < 1.29 is 19.1 Å². The Morgan fingerprint density at radius 1 is 1.11 bits per heavy atom. The zero-order chi connectivity index (χ0) is 26.4. The van der Waals surface area contributed by atoms with Gasteiger partial charge in [-0.05, 0) is 70.5 Å². The molecule has 2 N–H and O–H groups in total. The molecule has 4 rings (SSSR count). The molecule has 0 aromatic heterocycles. The minimum absolute atomic E-state index is 0.0826. The van der Waals surface area contributed by atoms with Gasteiger partial charge in [-0.3, -0.25) is 9.59 Å². The number of carbonyl (C=O) groups excluding carboxylic acids is 3. The standard InChI is InChI=1S/C28H23IN4O4/c1-2-19-7-5-6-10-23(19)31-26(34)16-33-27(35)24(32-28(33)36)14-18-11-12-25(22(29)13-18)37-17-21-9-4-3-8-20(21)15-30/h3-14H,2,16-17H2,1H3,(H,31,34)(H,32,36)/b24-14+. The van der Waals surface area contributed by atoms with Crippen LogP contribution in [-0.4, -0.2) is 29.3 Å². The Bertz CT molecular complexity index is 1440. The molecule has 3 aromatic rings. The van der Waals surface area contributed by atoms with E-state index in [9.17, 15) is 19.6 Å². The minimum atomic E-state index is -0.652. The Morgan fingerprint density at radius 3 is 2.57 bits per heavy atom. The zero-order valence-electron chi connectivity index (χ0n) is 20.0. The average Bonchev–Trinajstić information content (AvgIpc) is 3.15. The quantitative estimate of drug-likeness (QED) is 0.217. The van der Waals surface area contributed by atoms with E-state index in [2.05, 4.69) is 39.3 Å². The van der Waals surface area contributed by atoms with Gasteiger partial charge in [0.1, 0.15) is 24.6 Å². The van der Waals surface area contributed by atoms with Gasteiger partial charge in [0.05, 0.1) is 15.2 Å². The smallest absolute Gasteiger partial charge is 0.329 e. The van der Waals surface area contributed by atoms with Gasteiger partial charge in [-0.25, -0.2) is 9.69 Å². The molecule has 1 heterocycles. The van der Waals surface area contributed by atoms with E-state index in [0.29, 0.717) is 22.6 Å². The molecule has 0 bridgehead atoms. The van der Waals surface area contributed by atoms with Crippen LogP contribution >= 0.6 is 22.6 Å². The van der Waals surface area contributed by atoms with Gasteiger partial charge in [0.15, 0.2) is 0 Å². The topological polar surface area (TPSA) is 112 Å². The lowest BCUT2D eigenvalue weighted by atomic mass is 10.1. The molecule has 0 aliphatic carbocycles. The number of aryl methyl sites for hydroxylation is 1. The average molecular weight is 606 g/mol. The first kappa shape index (κ1) is 25.9. The monoisotopic (exact) mass is 606 g/mol. The Hall–Kier alpha value is -4.17. The van der Waals surface area contributed by atoms with E-state index in [1.54, 1.807) is 36.4 Å². The third-order valence-electron chi connectivity index (χ3n) is 5.72. The lowest BCUT2D eigenvalue weighted by Gasteiger charge is -2.13. The number of nitriles is 1. The zero-order valence-corrected chi connectivity index (χ0v) is 22.1. The SMILES string of the molecule is CCc1ccccc1NC(=O)CN1C(=O)N/C(=C/c2ccc(OCc3ccccc3C#N)c(I)c2)C1=O. The summed E-state index contributed by atoms with van der Waals surface area (Å²) in [6.07, 6.45) is 2.30. The number of ether oxygens (including phenoxy) is 1. The summed E-state index contributed by atoms with van der Waals surface area (Å²) in [5, 5.41) is 14.6. The van der Waals surface area contributed by atoms with E-state index in [-0.39, 0.29) is 12.3 Å². The summed E-state index contributed by atoms with van der Waals surface area (Å²) in [4.78, 5) is 38.7. The molecule has 1 aliphatic rings. The number of rotatable bonds is 8. The van der Waals surface area contributed by atoms with Crippen LogP contribution in [0.5, 0.6) is 5.75 Å². The number of benzene rings is 3. The number of imide groups is 1. The van der Waals surface area contributed by atoms with Crippen LogP contribution in [0.15, 0.2) is 72.4 Å². The van der Waals surface area contributed by atoms with Crippen LogP contribution in [0.25, 0.3) is 6.08 Å². The van der Waals surface area contributed by atoms with Crippen LogP contribution in [0, 0.1) is 14.9 Å².